The summed E-state index contributed by atoms with van der Waals surface area (Å²) >= 11 is 2.27. The van der Waals surface area contributed by atoms with Gasteiger partial charge in [0.15, 0.2) is 11.5 Å². The van der Waals surface area contributed by atoms with Crippen LogP contribution >= 0.6 is 22.6 Å². The third kappa shape index (κ3) is 4.45. The standard InChI is InChI=1S/C29H29IN2O2/c1-4-34-27-16-19(15-25(30)29(27)33-3)17-31-21-11-9-20(10-12-21)28-23-7-5-6-22(23)24-14-18(2)8-13-26(24)32-28/h5-6,8-17,22-23,28,32H,4,7H2,1-3H3/t22-,23+,28+/m1/s1. The number of allylic oxidation sites excluding steroid dienone is 2. The highest BCUT2D eigenvalue weighted by Crippen LogP contribution is 2.50. The van der Waals surface area contributed by atoms with Gasteiger partial charge in [0.05, 0.1) is 29.0 Å². The van der Waals surface area contributed by atoms with E-state index < -0.39 is 0 Å². The zero-order valence-electron chi connectivity index (χ0n) is 19.7. The Labute approximate surface area is 215 Å². The molecule has 2 aliphatic rings. The Hall–Kier alpha value is -2.80. The summed E-state index contributed by atoms with van der Waals surface area (Å²) in [5, 5.41) is 3.82. The Morgan fingerprint density at radius 1 is 1.12 bits per heavy atom. The van der Waals surface area contributed by atoms with E-state index in [1.54, 1.807) is 7.11 Å². The van der Waals surface area contributed by atoms with E-state index in [2.05, 4.69) is 95.5 Å². The molecule has 5 rings (SSSR count). The number of aryl methyl sites for hydroxylation is 1. The second kappa shape index (κ2) is 9.82. The fourth-order valence-corrected chi connectivity index (χ4v) is 5.93. The van der Waals surface area contributed by atoms with Gasteiger partial charge in [0.25, 0.3) is 0 Å². The molecule has 0 saturated heterocycles. The third-order valence-electron chi connectivity index (χ3n) is 6.67. The van der Waals surface area contributed by atoms with E-state index >= 15 is 0 Å². The van der Waals surface area contributed by atoms with Gasteiger partial charge in [-0.05, 0) is 95.8 Å². The number of halogens is 1. The zero-order valence-corrected chi connectivity index (χ0v) is 21.9. The molecule has 0 aromatic heterocycles. The second-order valence-corrected chi connectivity index (χ2v) is 10.0. The quantitative estimate of drug-likeness (QED) is 0.191. The average Bonchev–Trinajstić information content (AvgIpc) is 3.33. The highest BCUT2D eigenvalue weighted by molar-refractivity contribution is 14.1. The van der Waals surface area contributed by atoms with E-state index in [-0.39, 0.29) is 0 Å². The van der Waals surface area contributed by atoms with Gasteiger partial charge >= 0.3 is 0 Å². The van der Waals surface area contributed by atoms with Gasteiger partial charge in [-0.25, -0.2) is 0 Å². The molecule has 3 aromatic rings. The topological polar surface area (TPSA) is 42.8 Å². The van der Waals surface area contributed by atoms with Gasteiger partial charge in [-0.2, -0.15) is 0 Å². The first-order chi connectivity index (χ1) is 16.6. The highest BCUT2D eigenvalue weighted by Gasteiger charge is 2.37. The number of hydrogen-bond acceptors (Lipinski definition) is 4. The summed E-state index contributed by atoms with van der Waals surface area (Å²) in [6.45, 7) is 4.73. The molecule has 0 fully saturated rings. The SMILES string of the molecule is CCOc1cc(C=Nc2ccc([C@@H]3Nc4ccc(C)cc4[C@@H]4C=CC[C@@H]43)cc2)cc(I)c1OC. The van der Waals surface area contributed by atoms with E-state index in [1.165, 1.54) is 22.4 Å². The molecule has 0 saturated carbocycles. The second-order valence-electron chi connectivity index (χ2n) is 8.88. The molecule has 4 nitrogen and oxygen atoms in total. The fraction of sp³-hybridized carbons (Fsp3) is 0.276. The maximum absolute atomic E-state index is 5.75. The Morgan fingerprint density at radius 2 is 1.94 bits per heavy atom. The van der Waals surface area contributed by atoms with Gasteiger partial charge in [-0.15, -0.1) is 0 Å². The summed E-state index contributed by atoms with van der Waals surface area (Å²) in [7, 11) is 1.67. The molecule has 1 N–H and O–H groups in total. The number of methoxy groups -OCH3 is 1. The predicted octanol–water partition coefficient (Wildman–Crippen LogP) is 7.58. The van der Waals surface area contributed by atoms with Gasteiger partial charge in [-0.1, -0.05) is 42.0 Å². The molecule has 1 aliphatic carbocycles. The summed E-state index contributed by atoms with van der Waals surface area (Å²) in [5.41, 5.74) is 7.22. The van der Waals surface area contributed by atoms with Crippen molar-refractivity contribution in [3.05, 3.63) is 92.6 Å². The number of anilines is 1. The molecule has 5 heteroatoms. The van der Waals surface area contributed by atoms with Crippen molar-refractivity contribution >= 4 is 40.2 Å². The number of hydrogen-bond donors (Lipinski definition) is 1. The van der Waals surface area contributed by atoms with E-state index in [9.17, 15) is 0 Å². The number of ether oxygens (including phenoxy) is 2. The minimum absolute atomic E-state index is 0.296. The predicted molar refractivity (Wildman–Crippen MR) is 148 cm³/mol. The Morgan fingerprint density at radius 3 is 2.71 bits per heavy atom. The van der Waals surface area contributed by atoms with Crippen molar-refractivity contribution < 1.29 is 9.47 Å². The molecule has 1 heterocycles. The lowest BCUT2D eigenvalue weighted by molar-refractivity contribution is 0.309. The van der Waals surface area contributed by atoms with Crippen LogP contribution in [0.25, 0.3) is 0 Å². The van der Waals surface area contributed by atoms with E-state index in [1.807, 2.05) is 19.2 Å². The monoisotopic (exact) mass is 564 g/mol. The number of fused-ring (bicyclic) bond motifs is 3. The maximum atomic E-state index is 5.75. The molecule has 0 bridgehead atoms. The summed E-state index contributed by atoms with van der Waals surface area (Å²) in [5.74, 6) is 2.53. The van der Waals surface area contributed by atoms with Crippen molar-refractivity contribution in [3.63, 3.8) is 0 Å². The molecule has 0 unspecified atom stereocenters. The summed E-state index contributed by atoms with van der Waals surface area (Å²) in [6.07, 6.45) is 7.72. The highest BCUT2D eigenvalue weighted by atomic mass is 127. The van der Waals surface area contributed by atoms with Gasteiger partial charge in [-0.3, -0.25) is 4.99 Å². The number of benzene rings is 3. The van der Waals surface area contributed by atoms with Gasteiger partial charge < -0.3 is 14.8 Å². The molecule has 0 radical (unpaired) electrons. The van der Waals surface area contributed by atoms with E-state index in [0.717, 1.165) is 32.7 Å². The summed E-state index contributed by atoms with van der Waals surface area (Å²) < 4.78 is 12.2. The van der Waals surface area contributed by atoms with Gasteiger partial charge in [0.2, 0.25) is 0 Å². The third-order valence-corrected chi connectivity index (χ3v) is 7.47. The van der Waals surface area contributed by atoms with E-state index in [0.29, 0.717) is 24.5 Å². The van der Waals surface area contributed by atoms with Crippen LogP contribution in [0.1, 0.15) is 47.6 Å². The van der Waals surface area contributed by atoms with Crippen molar-refractivity contribution in [2.45, 2.75) is 32.2 Å². The van der Waals surface area contributed by atoms with Crippen LogP contribution in [0, 0.1) is 16.4 Å². The Kier molecular flexibility index (Phi) is 6.63. The minimum Gasteiger partial charge on any atom is -0.492 e. The largest absolute Gasteiger partial charge is 0.492 e. The summed E-state index contributed by atoms with van der Waals surface area (Å²) in [6, 6.07) is 19.7. The molecular formula is C29H29IN2O2. The van der Waals surface area contributed by atoms with Crippen molar-refractivity contribution in [1.29, 1.82) is 0 Å². The van der Waals surface area contributed by atoms with Gasteiger partial charge in [0.1, 0.15) is 0 Å². The molecule has 1 aliphatic heterocycles. The van der Waals surface area contributed by atoms with Gasteiger partial charge in [0, 0.05) is 17.8 Å². The molecule has 0 spiro atoms. The number of aliphatic imine (C=N–C) groups is 1. The van der Waals surface area contributed by atoms with Crippen molar-refractivity contribution in [2.24, 2.45) is 10.9 Å². The normalized spacial score (nSPS) is 20.6. The molecule has 174 valence electrons. The molecular weight excluding hydrogens is 535 g/mol. The van der Waals surface area contributed by atoms with Crippen LogP contribution in [-0.2, 0) is 0 Å². The lowest BCUT2D eigenvalue weighted by atomic mass is 9.76. The number of nitrogens with zero attached hydrogens (tertiary/aromatic N) is 1. The van der Waals surface area contributed by atoms with Crippen LogP contribution in [0.15, 0.2) is 71.7 Å². The zero-order chi connectivity index (χ0) is 23.7. The summed E-state index contributed by atoms with van der Waals surface area (Å²) in [4.78, 5) is 4.72. The van der Waals surface area contributed by atoms with Crippen LogP contribution in [0.2, 0.25) is 0 Å². The number of rotatable bonds is 6. The van der Waals surface area contributed by atoms with Crippen molar-refractivity contribution in [3.8, 4) is 11.5 Å². The van der Waals surface area contributed by atoms with Crippen molar-refractivity contribution in [1.82, 2.24) is 0 Å². The minimum atomic E-state index is 0.296. The van der Waals surface area contributed by atoms with Crippen LogP contribution in [0.3, 0.4) is 0 Å². The average molecular weight is 564 g/mol. The van der Waals surface area contributed by atoms with Crippen LogP contribution in [-0.4, -0.2) is 19.9 Å². The molecule has 0 amide bonds. The smallest absolute Gasteiger partial charge is 0.174 e. The van der Waals surface area contributed by atoms with Crippen LogP contribution in [0.5, 0.6) is 11.5 Å². The first kappa shape index (κ1) is 23.0. The maximum Gasteiger partial charge on any atom is 0.174 e. The first-order valence-electron chi connectivity index (χ1n) is 11.8. The molecule has 3 aromatic carbocycles. The molecule has 3 atom stereocenters. The Bertz CT molecular complexity index is 1250. The fourth-order valence-electron chi connectivity index (χ4n) is 5.08. The van der Waals surface area contributed by atoms with Crippen LogP contribution in [0.4, 0.5) is 11.4 Å². The van der Waals surface area contributed by atoms with E-state index in [4.69, 9.17) is 14.5 Å². The first-order valence-corrected chi connectivity index (χ1v) is 12.8. The van der Waals surface area contributed by atoms with Crippen LogP contribution < -0.4 is 14.8 Å². The lowest BCUT2D eigenvalue weighted by Gasteiger charge is -2.37. The Balaban J connectivity index is 1.36. The number of nitrogens with one attached hydrogen (secondary N) is 1. The van der Waals surface area contributed by atoms with Crippen molar-refractivity contribution in [2.75, 3.05) is 19.0 Å². The lowest BCUT2D eigenvalue weighted by Crippen LogP contribution is -2.29. The molecule has 34 heavy (non-hydrogen) atoms.